The molecule has 3 rings (SSSR count). The molecule has 2 N–H and O–H groups in total. The van der Waals surface area contributed by atoms with Crippen molar-refractivity contribution in [3.05, 3.63) is 56.5 Å². The number of carboxylic acids is 1. The number of fused-ring (bicyclic) bond motifs is 1. The van der Waals surface area contributed by atoms with E-state index in [4.69, 9.17) is 44.6 Å². The molecule has 0 fully saturated rings. The van der Waals surface area contributed by atoms with Crippen molar-refractivity contribution in [1.29, 1.82) is 0 Å². The lowest BCUT2D eigenvalue weighted by atomic mass is 9.87. The Morgan fingerprint density at radius 3 is 2.64 bits per heavy atom. The van der Waals surface area contributed by atoms with Gasteiger partial charge < -0.3 is 9.84 Å². The van der Waals surface area contributed by atoms with Crippen molar-refractivity contribution in [3.8, 4) is 5.75 Å². The van der Waals surface area contributed by atoms with Crippen molar-refractivity contribution in [2.24, 2.45) is 0 Å². The molecule has 0 bridgehead atoms. The number of benzene rings is 2. The third kappa shape index (κ3) is 4.72. The van der Waals surface area contributed by atoms with Crippen molar-refractivity contribution < 1.29 is 23.1 Å². The first-order valence-corrected chi connectivity index (χ1v) is 10.9. The Balaban J connectivity index is 1.96. The van der Waals surface area contributed by atoms with E-state index in [-0.39, 0.29) is 14.9 Å². The maximum Gasteiger partial charge on any atom is 0.341 e. The molecule has 150 valence electrons. The Kier molecular flexibility index (Phi) is 6.41. The van der Waals surface area contributed by atoms with Crippen LogP contribution in [-0.4, -0.2) is 26.1 Å². The SMILES string of the molecule is O=C(O)COc1cc(Cl)cc2c1CCC[C@H]2NS(=O)(=O)c1cc(Cl)ccc1Cl. The number of aliphatic carboxylic acids is 1. The molecule has 0 spiro atoms. The number of rotatable bonds is 6. The molecular weight excluding hydrogens is 449 g/mol. The molecule has 0 amide bonds. The fourth-order valence-corrected chi connectivity index (χ4v) is 5.40. The zero-order valence-corrected chi connectivity index (χ0v) is 17.5. The van der Waals surface area contributed by atoms with Gasteiger partial charge in [0.1, 0.15) is 10.6 Å². The molecule has 1 aliphatic rings. The van der Waals surface area contributed by atoms with Gasteiger partial charge in [-0.15, -0.1) is 0 Å². The summed E-state index contributed by atoms with van der Waals surface area (Å²) in [6, 6.07) is 6.85. The topological polar surface area (TPSA) is 92.7 Å². The third-order valence-corrected chi connectivity index (χ3v) is 6.74. The van der Waals surface area contributed by atoms with Crippen LogP contribution in [0.25, 0.3) is 0 Å². The fourth-order valence-electron chi connectivity index (χ4n) is 3.17. The molecular formula is C18H16Cl3NO5S. The van der Waals surface area contributed by atoms with Crippen LogP contribution in [0.1, 0.15) is 30.0 Å². The third-order valence-electron chi connectivity index (χ3n) is 4.33. The average molecular weight is 465 g/mol. The summed E-state index contributed by atoms with van der Waals surface area (Å²) in [7, 11) is -3.95. The van der Waals surface area contributed by atoms with Crippen LogP contribution in [0.5, 0.6) is 5.75 Å². The Morgan fingerprint density at radius 1 is 1.18 bits per heavy atom. The lowest BCUT2D eigenvalue weighted by molar-refractivity contribution is -0.139. The molecule has 28 heavy (non-hydrogen) atoms. The van der Waals surface area contributed by atoms with Gasteiger partial charge in [0.05, 0.1) is 5.02 Å². The molecule has 2 aromatic rings. The highest BCUT2D eigenvalue weighted by molar-refractivity contribution is 7.89. The molecule has 0 saturated carbocycles. The zero-order chi connectivity index (χ0) is 20.5. The van der Waals surface area contributed by atoms with Crippen LogP contribution in [0.3, 0.4) is 0 Å². The predicted molar refractivity (Wildman–Crippen MR) is 107 cm³/mol. The molecule has 1 aliphatic carbocycles. The second-order valence-electron chi connectivity index (χ2n) is 6.29. The van der Waals surface area contributed by atoms with Gasteiger partial charge >= 0.3 is 5.97 Å². The first-order chi connectivity index (χ1) is 13.2. The summed E-state index contributed by atoms with van der Waals surface area (Å²) in [4.78, 5) is 10.7. The summed E-state index contributed by atoms with van der Waals surface area (Å²) in [6.07, 6.45) is 1.86. The van der Waals surface area contributed by atoms with Crippen molar-refractivity contribution in [3.63, 3.8) is 0 Å². The summed E-state index contributed by atoms with van der Waals surface area (Å²) in [6.45, 7) is -0.513. The number of nitrogens with one attached hydrogen (secondary N) is 1. The molecule has 0 heterocycles. The summed E-state index contributed by atoms with van der Waals surface area (Å²) in [5.41, 5.74) is 1.39. The Bertz CT molecular complexity index is 1030. The van der Waals surface area contributed by atoms with E-state index in [9.17, 15) is 13.2 Å². The molecule has 0 radical (unpaired) electrons. The van der Waals surface area contributed by atoms with Gasteiger partial charge in [-0.2, -0.15) is 0 Å². The summed E-state index contributed by atoms with van der Waals surface area (Å²) in [5.74, 6) is -0.771. The van der Waals surface area contributed by atoms with E-state index in [1.165, 1.54) is 24.3 Å². The van der Waals surface area contributed by atoms with Crippen LogP contribution in [0, 0.1) is 0 Å². The zero-order valence-electron chi connectivity index (χ0n) is 14.4. The Hall–Kier alpha value is -1.51. The summed E-state index contributed by atoms with van der Waals surface area (Å²) < 4.78 is 33.7. The lowest BCUT2D eigenvalue weighted by Gasteiger charge is -2.28. The molecule has 6 nitrogen and oxygen atoms in total. The molecule has 10 heteroatoms. The average Bonchev–Trinajstić information content (AvgIpc) is 2.62. The number of carboxylic acid groups (broad SMARTS) is 1. The maximum absolute atomic E-state index is 12.9. The first kappa shape index (κ1) is 21.2. The van der Waals surface area contributed by atoms with Gasteiger partial charge in [-0.05, 0) is 60.7 Å². The number of sulfonamides is 1. The summed E-state index contributed by atoms with van der Waals surface area (Å²) in [5, 5.41) is 9.49. The Morgan fingerprint density at radius 2 is 1.93 bits per heavy atom. The van der Waals surface area contributed by atoms with Crippen molar-refractivity contribution in [2.75, 3.05) is 6.61 Å². The van der Waals surface area contributed by atoms with Crippen molar-refractivity contribution >= 4 is 50.8 Å². The highest BCUT2D eigenvalue weighted by atomic mass is 35.5. The van der Waals surface area contributed by atoms with E-state index in [2.05, 4.69) is 4.72 Å². The normalized spacial score (nSPS) is 16.5. The van der Waals surface area contributed by atoms with E-state index in [1.807, 2.05) is 0 Å². The number of hydrogen-bond acceptors (Lipinski definition) is 4. The van der Waals surface area contributed by atoms with Gasteiger partial charge in [-0.3, -0.25) is 0 Å². The first-order valence-electron chi connectivity index (χ1n) is 8.31. The number of ether oxygens (including phenoxy) is 1. The monoisotopic (exact) mass is 463 g/mol. The van der Waals surface area contributed by atoms with E-state index in [0.717, 1.165) is 5.56 Å². The second-order valence-corrected chi connectivity index (χ2v) is 9.26. The van der Waals surface area contributed by atoms with Crippen molar-refractivity contribution in [1.82, 2.24) is 4.72 Å². The quantitative estimate of drug-likeness (QED) is 0.658. The van der Waals surface area contributed by atoms with E-state index in [0.29, 0.717) is 35.6 Å². The van der Waals surface area contributed by atoms with Crippen molar-refractivity contribution in [2.45, 2.75) is 30.2 Å². The van der Waals surface area contributed by atoms with E-state index < -0.39 is 28.6 Å². The minimum atomic E-state index is -3.95. The molecule has 0 unspecified atom stereocenters. The van der Waals surface area contributed by atoms with Gasteiger partial charge in [-0.25, -0.2) is 17.9 Å². The second kappa shape index (κ2) is 8.47. The molecule has 1 atom stereocenters. The standard InChI is InChI=1S/C18H16Cl3NO5S/c19-10-4-5-14(21)17(8-10)28(25,26)22-15-3-1-2-12-13(15)6-11(20)7-16(12)27-9-18(23)24/h4-8,15,22H,1-3,9H2,(H,23,24)/t15-/m1/s1. The minimum absolute atomic E-state index is 0.0597. The maximum atomic E-state index is 12.9. The number of hydrogen-bond donors (Lipinski definition) is 2. The van der Waals surface area contributed by atoms with Crippen LogP contribution >= 0.6 is 34.8 Å². The highest BCUT2D eigenvalue weighted by Gasteiger charge is 2.29. The van der Waals surface area contributed by atoms with Crippen LogP contribution in [0.4, 0.5) is 0 Å². The van der Waals surface area contributed by atoms with E-state index >= 15 is 0 Å². The summed E-state index contributed by atoms with van der Waals surface area (Å²) >= 11 is 18.1. The molecule has 0 aromatic heterocycles. The minimum Gasteiger partial charge on any atom is -0.482 e. The van der Waals surface area contributed by atoms with Crippen LogP contribution in [0.15, 0.2) is 35.2 Å². The van der Waals surface area contributed by atoms with Crippen LogP contribution in [0.2, 0.25) is 15.1 Å². The molecule has 2 aromatic carbocycles. The van der Waals surface area contributed by atoms with Gasteiger partial charge in [0, 0.05) is 16.1 Å². The van der Waals surface area contributed by atoms with Gasteiger partial charge in [0.2, 0.25) is 10.0 Å². The Labute approximate surface area is 177 Å². The van der Waals surface area contributed by atoms with Crippen LogP contribution in [-0.2, 0) is 21.2 Å². The smallest absolute Gasteiger partial charge is 0.341 e. The van der Waals surface area contributed by atoms with E-state index in [1.54, 1.807) is 6.07 Å². The molecule has 0 saturated heterocycles. The number of carbonyl (C=O) groups is 1. The van der Waals surface area contributed by atoms with Gasteiger partial charge in [0.15, 0.2) is 6.61 Å². The van der Waals surface area contributed by atoms with Gasteiger partial charge in [-0.1, -0.05) is 34.8 Å². The highest BCUT2D eigenvalue weighted by Crippen LogP contribution is 2.39. The largest absolute Gasteiger partial charge is 0.482 e. The molecule has 0 aliphatic heterocycles. The number of halogens is 3. The van der Waals surface area contributed by atoms with Crippen LogP contribution < -0.4 is 9.46 Å². The fraction of sp³-hybridized carbons (Fsp3) is 0.278. The lowest BCUT2D eigenvalue weighted by Crippen LogP contribution is -2.31. The van der Waals surface area contributed by atoms with Gasteiger partial charge in [0.25, 0.3) is 0 Å². The predicted octanol–water partition coefficient (Wildman–Crippen LogP) is 4.47.